The van der Waals surface area contributed by atoms with E-state index in [0.29, 0.717) is 23.5 Å². The number of hydrogen-bond acceptors (Lipinski definition) is 8. The number of imidazole rings is 1. The first-order chi connectivity index (χ1) is 23.0. The summed E-state index contributed by atoms with van der Waals surface area (Å²) in [7, 11) is 0. The van der Waals surface area contributed by atoms with Crippen molar-refractivity contribution >= 4 is 29.0 Å². The highest BCUT2D eigenvalue weighted by Crippen LogP contribution is 2.42. The van der Waals surface area contributed by atoms with Gasteiger partial charge in [0.25, 0.3) is 0 Å². The van der Waals surface area contributed by atoms with E-state index in [1.165, 1.54) is 5.56 Å². The molecule has 0 saturated carbocycles. The minimum atomic E-state index is 0.0436. The Labute approximate surface area is 273 Å². The zero-order valence-electron chi connectivity index (χ0n) is 26.0. The monoisotopic (exact) mass is 621 g/mol. The highest BCUT2D eigenvalue weighted by molar-refractivity contribution is 5.84. The molecule has 9 nitrogen and oxygen atoms in total. The van der Waals surface area contributed by atoms with Gasteiger partial charge in [-0.3, -0.25) is 14.3 Å². The van der Waals surface area contributed by atoms with Crippen molar-refractivity contribution in [3.63, 3.8) is 0 Å². The van der Waals surface area contributed by atoms with Gasteiger partial charge in [0.05, 0.1) is 16.8 Å². The number of benzene rings is 3. The molecule has 0 unspecified atom stereocenters. The minimum Gasteiger partial charge on any atom is -0.507 e. The molecule has 0 aliphatic carbocycles. The molecule has 2 aliphatic heterocycles. The van der Waals surface area contributed by atoms with Gasteiger partial charge in [0.1, 0.15) is 17.1 Å². The first-order valence-corrected chi connectivity index (χ1v) is 16.0. The Morgan fingerprint density at radius 1 is 0.851 bits per heavy atom. The van der Waals surface area contributed by atoms with Crippen LogP contribution in [0.4, 0.5) is 11.5 Å². The van der Waals surface area contributed by atoms with E-state index in [-0.39, 0.29) is 11.2 Å². The predicted molar refractivity (Wildman–Crippen MR) is 185 cm³/mol. The highest BCUT2D eigenvalue weighted by atomic mass is 16.3. The molecule has 234 valence electrons. The van der Waals surface area contributed by atoms with E-state index in [1.807, 2.05) is 48.5 Å². The molecule has 0 radical (unpaired) electrons. The maximum atomic E-state index is 11.1. The summed E-state index contributed by atoms with van der Waals surface area (Å²) in [5.41, 5.74) is 14.3. The van der Waals surface area contributed by atoms with Gasteiger partial charge in [0, 0.05) is 60.8 Å². The van der Waals surface area contributed by atoms with Crippen LogP contribution in [0.5, 0.6) is 5.75 Å². The Morgan fingerprint density at radius 3 is 2.45 bits per heavy atom. The minimum absolute atomic E-state index is 0.0436. The topological polar surface area (TPSA) is 113 Å². The zero-order valence-corrected chi connectivity index (χ0v) is 26.0. The van der Waals surface area contributed by atoms with Crippen molar-refractivity contribution in [2.45, 2.75) is 19.4 Å². The number of pyridine rings is 2. The lowest BCUT2D eigenvalue weighted by Crippen LogP contribution is -2.30. The number of aldehydes is 1. The quantitative estimate of drug-likeness (QED) is 0.198. The van der Waals surface area contributed by atoms with Crippen LogP contribution in [0.15, 0.2) is 103 Å². The zero-order chi connectivity index (χ0) is 32.0. The van der Waals surface area contributed by atoms with Crippen molar-refractivity contribution in [3.05, 3.63) is 114 Å². The average Bonchev–Trinajstić information content (AvgIpc) is 3.82. The molecule has 2 saturated heterocycles. The number of carbonyl (C=O) groups is 1. The smallest absolute Gasteiger partial charge is 0.165 e. The second-order valence-corrected chi connectivity index (χ2v) is 12.8. The number of likely N-dealkylation sites (tertiary alicyclic amines) is 1. The third-order valence-electron chi connectivity index (χ3n) is 9.72. The number of carbonyl (C=O) groups excluding carboxylic acids is 1. The van der Waals surface area contributed by atoms with E-state index in [4.69, 9.17) is 15.7 Å². The van der Waals surface area contributed by atoms with Crippen LogP contribution in [0.3, 0.4) is 0 Å². The normalized spacial score (nSPS) is 18.0. The fourth-order valence-electron chi connectivity index (χ4n) is 7.25. The van der Waals surface area contributed by atoms with Crippen LogP contribution >= 0.6 is 0 Å². The van der Waals surface area contributed by atoms with E-state index >= 15 is 0 Å². The largest absolute Gasteiger partial charge is 0.507 e. The number of aromatic hydroxyl groups is 1. The van der Waals surface area contributed by atoms with Crippen molar-refractivity contribution in [2.75, 3.05) is 36.8 Å². The Morgan fingerprint density at radius 2 is 1.66 bits per heavy atom. The van der Waals surface area contributed by atoms with Gasteiger partial charge in [0.2, 0.25) is 0 Å². The van der Waals surface area contributed by atoms with E-state index in [9.17, 15) is 9.90 Å². The summed E-state index contributed by atoms with van der Waals surface area (Å²) in [4.78, 5) is 30.4. The van der Waals surface area contributed by atoms with Crippen molar-refractivity contribution in [1.82, 2.24) is 24.4 Å². The van der Waals surface area contributed by atoms with Crippen LogP contribution in [0.1, 0.15) is 28.8 Å². The molecule has 3 N–H and O–H groups in total. The summed E-state index contributed by atoms with van der Waals surface area (Å²) < 4.78 is 2.08. The van der Waals surface area contributed by atoms with Gasteiger partial charge in [0.15, 0.2) is 17.8 Å². The summed E-state index contributed by atoms with van der Waals surface area (Å²) in [6.45, 7) is 4.86. The summed E-state index contributed by atoms with van der Waals surface area (Å²) >= 11 is 0. The fourth-order valence-corrected chi connectivity index (χ4v) is 7.25. The van der Waals surface area contributed by atoms with E-state index < -0.39 is 0 Å². The SMILES string of the molecule is Nc1ncccc1-c1nc2ccc(-c3ccccc3)nc2n1-c1ccc(CN2CC[C@]3(CCN(c4ccc(C=O)c(O)c4)C3)C2)cc1. The van der Waals surface area contributed by atoms with Crippen LogP contribution in [0.2, 0.25) is 0 Å². The third kappa shape index (κ3) is 5.38. The molecular formula is C38H35N7O2. The van der Waals surface area contributed by atoms with Gasteiger partial charge in [-0.05, 0) is 73.5 Å². The number of phenols is 1. The molecule has 8 rings (SSSR count). The van der Waals surface area contributed by atoms with Crippen LogP contribution in [-0.2, 0) is 6.54 Å². The number of rotatable bonds is 7. The van der Waals surface area contributed by atoms with Crippen LogP contribution < -0.4 is 10.6 Å². The Bertz CT molecular complexity index is 2090. The number of phenolic OH excluding ortho intramolecular Hbond substituents is 1. The molecule has 2 fully saturated rings. The molecule has 3 aromatic carbocycles. The van der Waals surface area contributed by atoms with Gasteiger partial charge in [-0.25, -0.2) is 15.0 Å². The van der Waals surface area contributed by atoms with E-state index in [2.05, 4.69) is 55.7 Å². The number of nitrogens with zero attached hydrogens (tertiary/aromatic N) is 6. The molecule has 5 heterocycles. The van der Waals surface area contributed by atoms with Crippen molar-refractivity contribution < 1.29 is 9.90 Å². The summed E-state index contributed by atoms with van der Waals surface area (Å²) in [5.74, 6) is 1.17. The molecule has 47 heavy (non-hydrogen) atoms. The lowest BCUT2D eigenvalue weighted by Gasteiger charge is -2.26. The molecule has 2 aliphatic rings. The number of anilines is 2. The second kappa shape index (κ2) is 11.7. The van der Waals surface area contributed by atoms with Gasteiger partial charge in [-0.15, -0.1) is 0 Å². The predicted octanol–water partition coefficient (Wildman–Crippen LogP) is 6.35. The van der Waals surface area contributed by atoms with E-state index in [1.54, 1.807) is 18.3 Å². The number of aromatic nitrogens is 4. The summed E-state index contributed by atoms with van der Waals surface area (Å²) in [6, 6.07) is 32.0. The van der Waals surface area contributed by atoms with Gasteiger partial charge in [-0.1, -0.05) is 42.5 Å². The molecule has 6 aromatic rings. The Hall–Kier alpha value is -5.54. The number of hydrogen-bond donors (Lipinski definition) is 2. The number of nitrogen functional groups attached to an aromatic ring is 1. The van der Waals surface area contributed by atoms with Crippen molar-refractivity contribution in [3.8, 4) is 34.1 Å². The molecule has 3 aromatic heterocycles. The summed E-state index contributed by atoms with van der Waals surface area (Å²) in [5, 5.41) is 10.2. The average molecular weight is 622 g/mol. The molecular weight excluding hydrogens is 586 g/mol. The van der Waals surface area contributed by atoms with Crippen molar-refractivity contribution in [1.29, 1.82) is 0 Å². The Kier molecular flexibility index (Phi) is 7.18. The van der Waals surface area contributed by atoms with Crippen LogP contribution in [-0.4, -0.2) is 62.0 Å². The number of nitrogens with two attached hydrogens (primary N) is 1. The molecule has 9 heteroatoms. The highest BCUT2D eigenvalue weighted by Gasteiger charge is 2.43. The van der Waals surface area contributed by atoms with Gasteiger partial charge < -0.3 is 15.7 Å². The van der Waals surface area contributed by atoms with Crippen LogP contribution in [0, 0.1) is 5.41 Å². The molecule has 0 amide bonds. The molecule has 1 spiro atoms. The van der Waals surface area contributed by atoms with Gasteiger partial charge >= 0.3 is 0 Å². The standard InChI is InChI=1S/C38H35N7O2/c39-35-31(7-4-18-40-35)36-42-33-15-14-32(27-5-2-1-3-6-27)41-37(33)45(36)29-11-8-26(9-12-29)22-43-19-16-38(24-43)17-20-44(25-38)30-13-10-28(23-46)34(47)21-30/h1-15,18,21,23,47H,16-17,19-20,22,24-25H2,(H2,39,40)/t38-/m0/s1. The number of fused-ring (bicyclic) bond motifs is 1. The van der Waals surface area contributed by atoms with Crippen molar-refractivity contribution in [2.24, 2.45) is 5.41 Å². The van der Waals surface area contributed by atoms with E-state index in [0.717, 1.165) is 84.9 Å². The lowest BCUT2D eigenvalue weighted by molar-refractivity contribution is 0.112. The Balaban J connectivity index is 1.05. The van der Waals surface area contributed by atoms with Gasteiger partial charge in [-0.2, -0.15) is 0 Å². The maximum absolute atomic E-state index is 11.1. The first kappa shape index (κ1) is 28.9. The van der Waals surface area contributed by atoms with Crippen LogP contribution in [0.25, 0.3) is 39.5 Å². The fraction of sp³-hybridized carbons (Fsp3) is 0.211. The summed E-state index contributed by atoms with van der Waals surface area (Å²) in [6.07, 6.45) is 4.64. The molecule has 0 bridgehead atoms. The third-order valence-corrected chi connectivity index (χ3v) is 9.72. The second-order valence-electron chi connectivity index (χ2n) is 12.8. The first-order valence-electron chi connectivity index (χ1n) is 16.0. The maximum Gasteiger partial charge on any atom is 0.165 e. The lowest BCUT2D eigenvalue weighted by atomic mass is 9.86. The molecule has 1 atom stereocenters.